The minimum absolute atomic E-state index is 0.533. The molecule has 1 aliphatic heterocycles. The third-order valence-electron chi connectivity index (χ3n) is 2.97. The summed E-state index contributed by atoms with van der Waals surface area (Å²) in [6.07, 6.45) is 3.46. The van der Waals surface area contributed by atoms with E-state index < -0.39 is 5.60 Å². The van der Waals surface area contributed by atoms with Crippen LogP contribution in [0.25, 0.3) is 0 Å². The number of hydrogen-bond acceptors (Lipinski definition) is 3. The summed E-state index contributed by atoms with van der Waals surface area (Å²) in [5.74, 6) is 0. The molecule has 0 bridgehead atoms. The van der Waals surface area contributed by atoms with Gasteiger partial charge < -0.3 is 15.3 Å². The normalized spacial score (nSPS) is 24.4. The standard InChI is InChI=1S/C11H24N2O/c1-11(2,14)6-7-12-9-10-5-4-8-13(10)3/h10,12,14H,4-9H2,1-3H3. The van der Waals surface area contributed by atoms with E-state index in [-0.39, 0.29) is 0 Å². The van der Waals surface area contributed by atoms with Crippen molar-refractivity contribution in [1.82, 2.24) is 10.2 Å². The third-order valence-corrected chi connectivity index (χ3v) is 2.97. The van der Waals surface area contributed by atoms with Crippen LogP contribution in [0.3, 0.4) is 0 Å². The first-order chi connectivity index (χ1) is 6.49. The van der Waals surface area contributed by atoms with Crippen LogP contribution in [0.2, 0.25) is 0 Å². The highest BCUT2D eigenvalue weighted by atomic mass is 16.3. The summed E-state index contributed by atoms with van der Waals surface area (Å²) >= 11 is 0. The van der Waals surface area contributed by atoms with E-state index in [1.165, 1.54) is 19.4 Å². The van der Waals surface area contributed by atoms with E-state index in [1.54, 1.807) is 0 Å². The molecule has 14 heavy (non-hydrogen) atoms. The van der Waals surface area contributed by atoms with Gasteiger partial charge in [0.05, 0.1) is 5.60 Å². The van der Waals surface area contributed by atoms with Gasteiger partial charge in [-0.15, -0.1) is 0 Å². The van der Waals surface area contributed by atoms with Gasteiger partial charge >= 0.3 is 0 Å². The predicted molar refractivity (Wildman–Crippen MR) is 59.4 cm³/mol. The molecule has 1 aliphatic rings. The van der Waals surface area contributed by atoms with Crippen LogP contribution >= 0.6 is 0 Å². The molecule has 84 valence electrons. The molecule has 1 fully saturated rings. The number of aliphatic hydroxyl groups is 1. The summed E-state index contributed by atoms with van der Waals surface area (Å²) in [4.78, 5) is 2.41. The highest BCUT2D eigenvalue weighted by Gasteiger charge is 2.20. The Morgan fingerprint density at radius 3 is 2.71 bits per heavy atom. The topological polar surface area (TPSA) is 35.5 Å². The smallest absolute Gasteiger partial charge is 0.0603 e. The lowest BCUT2D eigenvalue weighted by Gasteiger charge is -2.21. The van der Waals surface area contributed by atoms with Crippen LogP contribution < -0.4 is 5.32 Å². The van der Waals surface area contributed by atoms with Crippen molar-refractivity contribution in [3.05, 3.63) is 0 Å². The second-order valence-electron chi connectivity index (χ2n) is 5.04. The van der Waals surface area contributed by atoms with Crippen LogP contribution in [0.5, 0.6) is 0 Å². The van der Waals surface area contributed by atoms with Crippen LogP contribution in [0, 0.1) is 0 Å². The SMILES string of the molecule is CN1CCCC1CNCCC(C)(C)O. The first-order valence-corrected chi connectivity index (χ1v) is 5.62. The number of nitrogens with zero attached hydrogens (tertiary/aromatic N) is 1. The molecule has 0 aromatic carbocycles. The molecule has 0 amide bonds. The summed E-state index contributed by atoms with van der Waals surface area (Å²) in [6, 6.07) is 0.705. The summed E-state index contributed by atoms with van der Waals surface area (Å²) in [6.45, 7) is 6.92. The molecule has 1 atom stereocenters. The lowest BCUT2D eigenvalue weighted by atomic mass is 10.1. The molecule has 3 heteroatoms. The zero-order chi connectivity index (χ0) is 10.6. The van der Waals surface area contributed by atoms with Gasteiger partial charge in [0.25, 0.3) is 0 Å². The van der Waals surface area contributed by atoms with Gasteiger partial charge in [-0.2, -0.15) is 0 Å². The Labute approximate surface area is 87.5 Å². The average molecular weight is 200 g/mol. The molecular weight excluding hydrogens is 176 g/mol. The molecule has 0 aromatic rings. The lowest BCUT2D eigenvalue weighted by Crippen LogP contribution is -2.37. The van der Waals surface area contributed by atoms with E-state index in [0.29, 0.717) is 6.04 Å². The Balaban J connectivity index is 2.04. The van der Waals surface area contributed by atoms with E-state index in [0.717, 1.165) is 19.5 Å². The Hall–Kier alpha value is -0.120. The minimum atomic E-state index is -0.533. The maximum Gasteiger partial charge on any atom is 0.0603 e. The monoisotopic (exact) mass is 200 g/mol. The second-order valence-corrected chi connectivity index (χ2v) is 5.04. The maximum absolute atomic E-state index is 9.51. The molecule has 0 aliphatic carbocycles. The predicted octanol–water partition coefficient (Wildman–Crippen LogP) is 0.831. The van der Waals surface area contributed by atoms with Crippen LogP contribution in [-0.4, -0.2) is 48.3 Å². The molecule has 2 N–H and O–H groups in total. The van der Waals surface area contributed by atoms with Gasteiger partial charge in [-0.1, -0.05) is 0 Å². The number of nitrogens with one attached hydrogen (secondary N) is 1. The Morgan fingerprint density at radius 1 is 1.50 bits per heavy atom. The summed E-state index contributed by atoms with van der Waals surface area (Å²) < 4.78 is 0. The summed E-state index contributed by atoms with van der Waals surface area (Å²) in [7, 11) is 2.19. The summed E-state index contributed by atoms with van der Waals surface area (Å²) in [5.41, 5.74) is -0.533. The quantitative estimate of drug-likeness (QED) is 0.645. The molecule has 0 saturated carbocycles. The molecule has 3 nitrogen and oxygen atoms in total. The fourth-order valence-corrected chi connectivity index (χ4v) is 1.90. The number of likely N-dealkylation sites (N-methyl/N-ethyl adjacent to an activating group) is 1. The van der Waals surface area contributed by atoms with E-state index in [4.69, 9.17) is 0 Å². The van der Waals surface area contributed by atoms with Crippen LogP contribution in [0.4, 0.5) is 0 Å². The van der Waals surface area contributed by atoms with Gasteiger partial charge in [-0.25, -0.2) is 0 Å². The Kier molecular flexibility index (Phi) is 4.35. The minimum Gasteiger partial charge on any atom is -0.390 e. The van der Waals surface area contributed by atoms with E-state index >= 15 is 0 Å². The highest BCUT2D eigenvalue weighted by Crippen LogP contribution is 2.13. The first-order valence-electron chi connectivity index (χ1n) is 5.62. The lowest BCUT2D eigenvalue weighted by molar-refractivity contribution is 0.0708. The molecule has 1 rings (SSSR count). The second kappa shape index (κ2) is 5.10. The maximum atomic E-state index is 9.51. The van der Waals surface area contributed by atoms with Crippen molar-refractivity contribution in [3.63, 3.8) is 0 Å². The first kappa shape index (κ1) is 12.0. The van der Waals surface area contributed by atoms with Crippen molar-refractivity contribution in [3.8, 4) is 0 Å². The number of hydrogen-bond donors (Lipinski definition) is 2. The average Bonchev–Trinajstić information content (AvgIpc) is 2.44. The van der Waals surface area contributed by atoms with Gasteiger partial charge in [0.1, 0.15) is 0 Å². The number of likely N-dealkylation sites (tertiary alicyclic amines) is 1. The fraction of sp³-hybridized carbons (Fsp3) is 1.00. The van der Waals surface area contributed by atoms with Crippen molar-refractivity contribution in [2.24, 2.45) is 0 Å². The van der Waals surface area contributed by atoms with Crippen LogP contribution in [0.1, 0.15) is 33.1 Å². The van der Waals surface area contributed by atoms with E-state index in [9.17, 15) is 5.11 Å². The fourth-order valence-electron chi connectivity index (χ4n) is 1.90. The zero-order valence-corrected chi connectivity index (χ0v) is 9.71. The molecule has 1 saturated heterocycles. The van der Waals surface area contributed by atoms with Crippen LogP contribution in [-0.2, 0) is 0 Å². The van der Waals surface area contributed by atoms with Gasteiger partial charge in [0.2, 0.25) is 0 Å². The van der Waals surface area contributed by atoms with Crippen molar-refractivity contribution >= 4 is 0 Å². The third kappa shape index (κ3) is 4.40. The molecule has 0 spiro atoms. The van der Waals surface area contributed by atoms with Crippen molar-refractivity contribution in [2.45, 2.75) is 44.8 Å². The van der Waals surface area contributed by atoms with E-state index in [1.807, 2.05) is 13.8 Å². The molecule has 1 heterocycles. The van der Waals surface area contributed by atoms with Gasteiger partial charge in [-0.05, 0) is 53.2 Å². The molecule has 0 radical (unpaired) electrons. The van der Waals surface area contributed by atoms with Gasteiger partial charge in [-0.3, -0.25) is 0 Å². The van der Waals surface area contributed by atoms with Crippen molar-refractivity contribution < 1.29 is 5.11 Å². The Morgan fingerprint density at radius 2 is 2.21 bits per heavy atom. The van der Waals surface area contributed by atoms with E-state index in [2.05, 4.69) is 17.3 Å². The highest BCUT2D eigenvalue weighted by molar-refractivity contribution is 4.78. The van der Waals surface area contributed by atoms with Crippen molar-refractivity contribution in [1.29, 1.82) is 0 Å². The van der Waals surface area contributed by atoms with Crippen molar-refractivity contribution in [2.75, 3.05) is 26.7 Å². The summed E-state index contributed by atoms with van der Waals surface area (Å²) in [5, 5.41) is 12.9. The molecule has 1 unspecified atom stereocenters. The number of rotatable bonds is 5. The van der Waals surface area contributed by atoms with Crippen LogP contribution in [0.15, 0.2) is 0 Å². The van der Waals surface area contributed by atoms with Gasteiger partial charge in [0, 0.05) is 12.6 Å². The largest absolute Gasteiger partial charge is 0.390 e. The molecule has 0 aromatic heterocycles. The molecular formula is C11H24N2O. The zero-order valence-electron chi connectivity index (χ0n) is 9.71. The van der Waals surface area contributed by atoms with Gasteiger partial charge in [0.15, 0.2) is 0 Å². The Bertz CT molecular complexity index is 165.